The highest BCUT2D eigenvalue weighted by Crippen LogP contribution is 2.18. The maximum absolute atomic E-state index is 11.7. The fourth-order valence-electron chi connectivity index (χ4n) is 1.83. The number of carboxylic acids is 1. The third kappa shape index (κ3) is 3.19. The van der Waals surface area contributed by atoms with E-state index in [4.69, 9.17) is 9.84 Å². The maximum atomic E-state index is 11.7. The lowest BCUT2D eigenvalue weighted by molar-refractivity contribution is -0.144. The predicted octanol–water partition coefficient (Wildman–Crippen LogP) is 0.124. The largest absolute Gasteiger partial charge is 0.479 e. The molecule has 0 aromatic carbocycles. The van der Waals surface area contributed by atoms with Crippen LogP contribution in [0.2, 0.25) is 0 Å². The van der Waals surface area contributed by atoms with Gasteiger partial charge in [-0.1, -0.05) is 0 Å². The van der Waals surface area contributed by atoms with E-state index in [1.54, 1.807) is 24.5 Å². The molecule has 0 saturated carbocycles. The van der Waals surface area contributed by atoms with E-state index in [1.807, 2.05) is 0 Å². The molecule has 1 aromatic rings. The van der Waals surface area contributed by atoms with Crippen LogP contribution in [0.3, 0.4) is 0 Å². The molecule has 1 aliphatic heterocycles. The second-order valence-corrected chi connectivity index (χ2v) is 4.35. The first-order valence-electron chi connectivity index (χ1n) is 5.88. The summed E-state index contributed by atoms with van der Waals surface area (Å²) in [5, 5.41) is 14.2. The summed E-state index contributed by atoms with van der Waals surface area (Å²) in [6, 6.07) is 3.02. The molecule has 19 heavy (non-hydrogen) atoms. The van der Waals surface area contributed by atoms with E-state index in [2.05, 4.69) is 15.6 Å². The fraction of sp³-hybridized carbons (Fsp3) is 0.417. The second-order valence-electron chi connectivity index (χ2n) is 4.35. The SMILES string of the molecule is O=C(NCc1ccncc1)NC1(C(=O)O)CCOC1. The highest BCUT2D eigenvalue weighted by atomic mass is 16.5. The monoisotopic (exact) mass is 265 g/mol. The van der Waals surface area contributed by atoms with Crippen molar-refractivity contribution >= 4 is 12.0 Å². The van der Waals surface area contributed by atoms with Gasteiger partial charge in [0.05, 0.1) is 6.61 Å². The van der Waals surface area contributed by atoms with Crippen LogP contribution in [0.1, 0.15) is 12.0 Å². The zero-order valence-corrected chi connectivity index (χ0v) is 10.3. The number of urea groups is 1. The third-order valence-electron chi connectivity index (χ3n) is 2.99. The highest BCUT2D eigenvalue weighted by molar-refractivity contribution is 5.86. The highest BCUT2D eigenvalue weighted by Gasteiger charge is 2.43. The van der Waals surface area contributed by atoms with Crippen molar-refractivity contribution in [1.82, 2.24) is 15.6 Å². The molecule has 1 saturated heterocycles. The minimum atomic E-state index is -1.32. The summed E-state index contributed by atoms with van der Waals surface area (Å²) in [6.45, 7) is 0.632. The second kappa shape index (κ2) is 5.66. The summed E-state index contributed by atoms with van der Waals surface area (Å²) in [6.07, 6.45) is 3.52. The number of hydrogen-bond acceptors (Lipinski definition) is 4. The van der Waals surface area contributed by atoms with E-state index >= 15 is 0 Å². The molecular formula is C12H15N3O4. The van der Waals surface area contributed by atoms with Crippen molar-refractivity contribution in [3.8, 4) is 0 Å². The molecule has 0 radical (unpaired) electrons. The molecule has 0 aliphatic carbocycles. The van der Waals surface area contributed by atoms with Gasteiger partial charge in [-0.25, -0.2) is 9.59 Å². The number of carbonyl (C=O) groups excluding carboxylic acids is 1. The number of aromatic nitrogens is 1. The Hall–Kier alpha value is -2.15. The summed E-state index contributed by atoms with van der Waals surface area (Å²) in [5.74, 6) is -1.08. The van der Waals surface area contributed by atoms with Gasteiger partial charge in [-0.05, 0) is 17.7 Å². The van der Waals surface area contributed by atoms with Gasteiger partial charge in [0, 0.05) is 32.0 Å². The maximum Gasteiger partial charge on any atom is 0.332 e. The van der Waals surface area contributed by atoms with E-state index in [9.17, 15) is 9.59 Å². The average molecular weight is 265 g/mol. The molecule has 1 aliphatic rings. The Bertz CT molecular complexity index is 457. The average Bonchev–Trinajstić information content (AvgIpc) is 2.87. The summed E-state index contributed by atoms with van der Waals surface area (Å²) in [5.41, 5.74) is -0.431. The van der Waals surface area contributed by atoms with E-state index in [-0.39, 0.29) is 13.0 Å². The van der Waals surface area contributed by atoms with Gasteiger partial charge in [-0.2, -0.15) is 0 Å². The van der Waals surface area contributed by atoms with Crippen molar-refractivity contribution in [2.24, 2.45) is 0 Å². The molecule has 1 unspecified atom stereocenters. The van der Waals surface area contributed by atoms with Gasteiger partial charge >= 0.3 is 12.0 Å². The lowest BCUT2D eigenvalue weighted by Gasteiger charge is -2.23. The van der Waals surface area contributed by atoms with Crippen molar-refractivity contribution in [2.75, 3.05) is 13.2 Å². The molecule has 0 bridgehead atoms. The topological polar surface area (TPSA) is 101 Å². The van der Waals surface area contributed by atoms with Crippen LogP contribution in [-0.2, 0) is 16.1 Å². The Morgan fingerprint density at radius 1 is 1.42 bits per heavy atom. The lowest BCUT2D eigenvalue weighted by atomic mass is 9.99. The van der Waals surface area contributed by atoms with Crippen molar-refractivity contribution in [2.45, 2.75) is 18.5 Å². The van der Waals surface area contributed by atoms with Gasteiger partial charge in [0.2, 0.25) is 0 Å². The number of rotatable bonds is 4. The molecule has 0 spiro atoms. The molecule has 7 heteroatoms. The van der Waals surface area contributed by atoms with E-state index < -0.39 is 17.5 Å². The molecule has 2 rings (SSSR count). The molecule has 2 heterocycles. The Morgan fingerprint density at radius 3 is 2.74 bits per heavy atom. The van der Waals surface area contributed by atoms with Crippen molar-refractivity contribution in [3.05, 3.63) is 30.1 Å². The lowest BCUT2D eigenvalue weighted by Crippen LogP contribution is -2.57. The Labute approximate surface area is 110 Å². The van der Waals surface area contributed by atoms with Crippen LogP contribution in [-0.4, -0.2) is 40.8 Å². The van der Waals surface area contributed by atoms with Gasteiger partial charge in [0.1, 0.15) is 0 Å². The van der Waals surface area contributed by atoms with Crippen LogP contribution in [0, 0.1) is 0 Å². The number of nitrogens with one attached hydrogen (secondary N) is 2. The number of ether oxygens (including phenoxy) is 1. The van der Waals surface area contributed by atoms with Crippen molar-refractivity contribution in [3.63, 3.8) is 0 Å². The number of nitrogens with zero attached hydrogens (tertiary/aromatic N) is 1. The summed E-state index contributed by atoms with van der Waals surface area (Å²) < 4.78 is 5.05. The molecule has 3 N–H and O–H groups in total. The minimum Gasteiger partial charge on any atom is -0.479 e. The zero-order valence-electron chi connectivity index (χ0n) is 10.3. The first-order valence-corrected chi connectivity index (χ1v) is 5.88. The molecule has 102 valence electrons. The fourth-order valence-corrected chi connectivity index (χ4v) is 1.83. The van der Waals surface area contributed by atoms with Gasteiger partial charge in [0.15, 0.2) is 5.54 Å². The van der Waals surface area contributed by atoms with Crippen LogP contribution in [0.5, 0.6) is 0 Å². The van der Waals surface area contributed by atoms with Crippen LogP contribution in [0.4, 0.5) is 4.79 Å². The Balaban J connectivity index is 1.88. The van der Waals surface area contributed by atoms with Gasteiger partial charge < -0.3 is 20.5 Å². The summed E-state index contributed by atoms with van der Waals surface area (Å²) in [4.78, 5) is 26.8. The molecule has 1 fully saturated rings. The molecular weight excluding hydrogens is 250 g/mol. The van der Waals surface area contributed by atoms with Gasteiger partial charge in [-0.15, -0.1) is 0 Å². The normalized spacial score (nSPS) is 21.9. The molecule has 2 amide bonds. The molecule has 7 nitrogen and oxygen atoms in total. The number of amides is 2. The summed E-state index contributed by atoms with van der Waals surface area (Å²) >= 11 is 0. The van der Waals surface area contributed by atoms with Gasteiger partial charge in [-0.3, -0.25) is 4.98 Å². The molecule has 1 atom stereocenters. The smallest absolute Gasteiger partial charge is 0.332 e. The minimum absolute atomic E-state index is 0.00892. The summed E-state index contributed by atoms with van der Waals surface area (Å²) in [7, 11) is 0. The number of hydrogen-bond donors (Lipinski definition) is 3. The van der Waals surface area contributed by atoms with Crippen LogP contribution < -0.4 is 10.6 Å². The molecule has 1 aromatic heterocycles. The Kier molecular flexibility index (Phi) is 3.96. The van der Waals surface area contributed by atoms with Crippen LogP contribution in [0.15, 0.2) is 24.5 Å². The van der Waals surface area contributed by atoms with Crippen LogP contribution >= 0.6 is 0 Å². The number of aliphatic carboxylic acids is 1. The van der Waals surface area contributed by atoms with E-state index in [0.29, 0.717) is 13.2 Å². The van der Waals surface area contributed by atoms with Gasteiger partial charge in [0.25, 0.3) is 0 Å². The van der Waals surface area contributed by atoms with Crippen molar-refractivity contribution < 1.29 is 19.4 Å². The van der Waals surface area contributed by atoms with Crippen LogP contribution in [0.25, 0.3) is 0 Å². The number of carbonyl (C=O) groups is 2. The van der Waals surface area contributed by atoms with E-state index in [1.165, 1.54) is 0 Å². The first kappa shape index (κ1) is 13.3. The predicted molar refractivity (Wildman–Crippen MR) is 65.4 cm³/mol. The van der Waals surface area contributed by atoms with E-state index in [0.717, 1.165) is 5.56 Å². The van der Waals surface area contributed by atoms with Crippen molar-refractivity contribution in [1.29, 1.82) is 0 Å². The number of pyridine rings is 1. The number of carboxylic acid groups (broad SMARTS) is 1. The standard InChI is InChI=1S/C12H15N3O4/c16-10(17)12(3-6-19-8-12)15-11(18)14-7-9-1-4-13-5-2-9/h1-2,4-5H,3,6-8H2,(H,16,17)(H2,14,15,18). The first-order chi connectivity index (χ1) is 9.12. The third-order valence-corrected chi connectivity index (χ3v) is 2.99. The Morgan fingerprint density at radius 2 is 2.16 bits per heavy atom. The zero-order chi connectivity index (χ0) is 13.7. The quantitative estimate of drug-likeness (QED) is 0.718.